The lowest BCUT2D eigenvalue weighted by molar-refractivity contribution is -0.119. The summed E-state index contributed by atoms with van der Waals surface area (Å²) in [7, 11) is 0. The number of rotatable bonds is 5. The first-order valence-electron chi connectivity index (χ1n) is 9.23. The van der Waals surface area contributed by atoms with Crippen molar-refractivity contribution >= 4 is 29.3 Å². The van der Waals surface area contributed by atoms with Gasteiger partial charge in [0.2, 0.25) is 5.91 Å². The van der Waals surface area contributed by atoms with E-state index in [4.69, 9.17) is 11.6 Å². The van der Waals surface area contributed by atoms with Crippen LogP contribution >= 0.6 is 23.4 Å². The van der Waals surface area contributed by atoms with E-state index >= 15 is 0 Å². The van der Waals surface area contributed by atoms with E-state index in [1.807, 2.05) is 24.3 Å². The lowest BCUT2D eigenvalue weighted by Crippen LogP contribution is -2.27. The zero-order valence-electron chi connectivity index (χ0n) is 15.8. The molecular formula is C21H21ClN4OS. The minimum Gasteiger partial charge on any atom is -0.353 e. The van der Waals surface area contributed by atoms with E-state index in [1.165, 1.54) is 5.56 Å². The summed E-state index contributed by atoms with van der Waals surface area (Å²) in [6, 6.07) is 14.2. The minimum absolute atomic E-state index is 0.123. The Labute approximate surface area is 173 Å². The number of carbonyl (C=O) groups is 1. The molecule has 1 aromatic heterocycles. The molecule has 2 heterocycles. The van der Waals surface area contributed by atoms with Crippen LogP contribution in [0.1, 0.15) is 24.0 Å². The molecule has 1 amide bonds. The molecule has 144 valence electrons. The second-order valence-electron chi connectivity index (χ2n) is 7.03. The molecule has 0 bridgehead atoms. The number of thioether (sulfide) groups is 1. The highest BCUT2D eigenvalue weighted by Gasteiger charge is 2.24. The van der Waals surface area contributed by atoms with E-state index < -0.39 is 0 Å². The molecule has 7 heteroatoms. The van der Waals surface area contributed by atoms with Crippen molar-refractivity contribution in [2.75, 3.05) is 5.75 Å². The van der Waals surface area contributed by atoms with Crippen LogP contribution in [0.5, 0.6) is 0 Å². The predicted molar refractivity (Wildman–Crippen MR) is 113 cm³/mol. The largest absolute Gasteiger partial charge is 0.353 e. The number of nitrogens with zero attached hydrogens (tertiary/aromatic N) is 3. The Balaban J connectivity index is 1.77. The van der Waals surface area contributed by atoms with Gasteiger partial charge < -0.3 is 5.32 Å². The molecule has 1 aliphatic rings. The molecule has 5 nitrogen and oxygen atoms in total. The van der Waals surface area contributed by atoms with Gasteiger partial charge in [-0.1, -0.05) is 47.6 Å². The first kappa shape index (κ1) is 19.0. The normalized spacial score (nSPS) is 16.4. The van der Waals surface area contributed by atoms with Crippen LogP contribution < -0.4 is 5.32 Å². The van der Waals surface area contributed by atoms with Crippen LogP contribution in [0.2, 0.25) is 5.02 Å². The molecule has 0 aliphatic carbocycles. The number of benzene rings is 2. The standard InChI is InChI=1S/C21H21ClN4OS/c1-13-7-8-14(2)18(11-13)26-20(16-5-3-4-6-17(16)22)24-25-21(26)28-12-15-9-10-19(27)23-15/h3-8,11,15H,9-10,12H2,1-2H3,(H,23,27)/t15-/m0/s1. The second-order valence-corrected chi connectivity index (χ2v) is 8.42. The van der Waals surface area contributed by atoms with Crippen LogP contribution in [0.25, 0.3) is 17.1 Å². The Morgan fingerprint density at radius 1 is 1.21 bits per heavy atom. The molecule has 1 aliphatic heterocycles. The quantitative estimate of drug-likeness (QED) is 0.623. The first-order valence-corrected chi connectivity index (χ1v) is 10.6. The van der Waals surface area contributed by atoms with E-state index in [1.54, 1.807) is 11.8 Å². The maximum atomic E-state index is 11.5. The summed E-state index contributed by atoms with van der Waals surface area (Å²) in [6.45, 7) is 4.15. The van der Waals surface area contributed by atoms with Crippen molar-refractivity contribution in [2.45, 2.75) is 37.9 Å². The van der Waals surface area contributed by atoms with Gasteiger partial charge in [0.15, 0.2) is 11.0 Å². The second kappa shape index (κ2) is 7.97. The third kappa shape index (κ3) is 3.80. The number of aromatic nitrogens is 3. The van der Waals surface area contributed by atoms with Gasteiger partial charge in [0.05, 0.1) is 10.7 Å². The van der Waals surface area contributed by atoms with Crippen LogP contribution in [0.15, 0.2) is 47.6 Å². The van der Waals surface area contributed by atoms with E-state index in [0.717, 1.165) is 40.0 Å². The van der Waals surface area contributed by atoms with E-state index in [0.29, 0.717) is 11.4 Å². The molecule has 1 fully saturated rings. The number of amides is 1. The molecule has 1 saturated heterocycles. The Hall–Kier alpha value is -2.31. The maximum absolute atomic E-state index is 11.5. The summed E-state index contributed by atoms with van der Waals surface area (Å²) >= 11 is 8.07. The van der Waals surface area contributed by atoms with E-state index in [9.17, 15) is 4.79 Å². The van der Waals surface area contributed by atoms with Gasteiger partial charge in [-0.15, -0.1) is 10.2 Å². The van der Waals surface area contributed by atoms with Crippen molar-refractivity contribution in [1.82, 2.24) is 20.1 Å². The zero-order valence-corrected chi connectivity index (χ0v) is 17.3. The molecule has 1 N–H and O–H groups in total. The number of nitrogens with one attached hydrogen (secondary N) is 1. The lowest BCUT2D eigenvalue weighted by atomic mass is 10.1. The van der Waals surface area contributed by atoms with Crippen molar-refractivity contribution in [1.29, 1.82) is 0 Å². The summed E-state index contributed by atoms with van der Waals surface area (Å²) in [5, 5.41) is 13.4. The minimum atomic E-state index is 0.123. The Bertz CT molecular complexity index is 1030. The van der Waals surface area contributed by atoms with Crippen molar-refractivity contribution in [2.24, 2.45) is 0 Å². The van der Waals surface area contributed by atoms with Gasteiger partial charge >= 0.3 is 0 Å². The van der Waals surface area contributed by atoms with Gasteiger partial charge in [0.25, 0.3) is 0 Å². The number of halogens is 1. The summed E-state index contributed by atoms with van der Waals surface area (Å²) in [5.41, 5.74) is 4.18. The van der Waals surface area contributed by atoms with Crippen LogP contribution in [-0.4, -0.2) is 32.5 Å². The van der Waals surface area contributed by atoms with Crippen molar-refractivity contribution in [3.05, 3.63) is 58.6 Å². The molecule has 3 aromatic rings. The number of hydrogen-bond donors (Lipinski definition) is 1. The smallest absolute Gasteiger partial charge is 0.220 e. The maximum Gasteiger partial charge on any atom is 0.220 e. The van der Waals surface area contributed by atoms with Gasteiger partial charge in [0, 0.05) is 23.8 Å². The third-order valence-corrected chi connectivity index (χ3v) is 6.27. The van der Waals surface area contributed by atoms with Crippen LogP contribution in [0, 0.1) is 13.8 Å². The first-order chi connectivity index (χ1) is 13.5. The average molecular weight is 413 g/mol. The van der Waals surface area contributed by atoms with Crippen molar-refractivity contribution in [3.8, 4) is 17.1 Å². The Morgan fingerprint density at radius 3 is 2.79 bits per heavy atom. The van der Waals surface area contributed by atoms with Gasteiger partial charge in [-0.2, -0.15) is 0 Å². The molecule has 0 radical (unpaired) electrons. The molecule has 0 unspecified atom stereocenters. The zero-order chi connectivity index (χ0) is 19.7. The molecule has 0 spiro atoms. The fourth-order valence-electron chi connectivity index (χ4n) is 3.34. The predicted octanol–water partition coefficient (Wildman–Crippen LogP) is 4.58. The van der Waals surface area contributed by atoms with E-state index in [-0.39, 0.29) is 11.9 Å². The average Bonchev–Trinajstić information content (AvgIpc) is 3.28. The number of hydrogen-bond acceptors (Lipinski definition) is 4. The SMILES string of the molecule is Cc1ccc(C)c(-n2c(SC[C@@H]3CCC(=O)N3)nnc2-c2ccccc2Cl)c1. The van der Waals surface area contributed by atoms with E-state index in [2.05, 4.69) is 52.1 Å². The lowest BCUT2D eigenvalue weighted by Gasteiger charge is -2.15. The van der Waals surface area contributed by atoms with Crippen LogP contribution in [0.4, 0.5) is 0 Å². The molecule has 2 aromatic carbocycles. The summed E-state index contributed by atoms with van der Waals surface area (Å²) < 4.78 is 2.07. The summed E-state index contributed by atoms with van der Waals surface area (Å²) in [6.07, 6.45) is 1.46. The fraction of sp³-hybridized carbons (Fsp3) is 0.286. The van der Waals surface area contributed by atoms with Crippen molar-refractivity contribution in [3.63, 3.8) is 0 Å². The Morgan fingerprint density at radius 2 is 2.04 bits per heavy atom. The molecule has 28 heavy (non-hydrogen) atoms. The fourth-order valence-corrected chi connectivity index (χ4v) is 4.57. The van der Waals surface area contributed by atoms with Crippen LogP contribution in [0.3, 0.4) is 0 Å². The van der Waals surface area contributed by atoms with Gasteiger partial charge in [-0.25, -0.2) is 0 Å². The van der Waals surface area contributed by atoms with Gasteiger partial charge in [0.1, 0.15) is 0 Å². The number of aryl methyl sites for hydroxylation is 2. The summed E-state index contributed by atoms with van der Waals surface area (Å²) in [4.78, 5) is 11.5. The molecule has 1 atom stereocenters. The van der Waals surface area contributed by atoms with Crippen LogP contribution in [-0.2, 0) is 4.79 Å². The highest BCUT2D eigenvalue weighted by molar-refractivity contribution is 7.99. The monoisotopic (exact) mass is 412 g/mol. The summed E-state index contributed by atoms with van der Waals surface area (Å²) in [5.74, 6) is 1.60. The van der Waals surface area contributed by atoms with Crippen molar-refractivity contribution < 1.29 is 4.79 Å². The highest BCUT2D eigenvalue weighted by atomic mass is 35.5. The topological polar surface area (TPSA) is 59.8 Å². The van der Waals surface area contributed by atoms with Gasteiger partial charge in [-0.3, -0.25) is 9.36 Å². The van der Waals surface area contributed by atoms with Gasteiger partial charge in [-0.05, 0) is 49.6 Å². The number of carbonyl (C=O) groups excluding carboxylic acids is 1. The Kier molecular flexibility index (Phi) is 5.42. The molecule has 0 saturated carbocycles. The molecule has 4 rings (SSSR count). The highest BCUT2D eigenvalue weighted by Crippen LogP contribution is 2.33. The molecular weight excluding hydrogens is 392 g/mol. The third-order valence-electron chi connectivity index (χ3n) is 4.85.